The molecule has 0 aliphatic carbocycles. The third kappa shape index (κ3) is 11.2. The van der Waals surface area contributed by atoms with Crippen LogP contribution in [0, 0.1) is 0 Å². The number of nitrogens with two attached hydrogens (primary N) is 1. The van der Waals surface area contributed by atoms with Crippen LogP contribution in [0.25, 0.3) is 0 Å². The van der Waals surface area contributed by atoms with E-state index in [-0.39, 0.29) is 0 Å². The maximum atomic E-state index is 12.4. The lowest BCUT2D eigenvalue weighted by atomic mass is 9.93. The Bertz CT molecular complexity index is 1210. The Kier molecular flexibility index (Phi) is 16.6. The van der Waals surface area contributed by atoms with Gasteiger partial charge in [0.05, 0.1) is 38.6 Å². The van der Waals surface area contributed by atoms with Gasteiger partial charge in [-0.05, 0) is 6.92 Å². The van der Waals surface area contributed by atoms with Gasteiger partial charge in [0, 0.05) is 13.8 Å². The van der Waals surface area contributed by atoms with Crippen LogP contribution in [0.5, 0.6) is 0 Å². The average Bonchev–Trinajstić information content (AvgIpc) is 3.08. The number of carbonyl (C=O) groups excluding carboxylic acids is 2. The minimum atomic E-state index is -5.09. The Balaban J connectivity index is 1.79. The topological polar surface area (TPSA) is 388 Å². The summed E-state index contributed by atoms with van der Waals surface area (Å²) in [7, 11) is -5.09. The first-order valence-electron chi connectivity index (χ1n) is 16.1. The Morgan fingerprint density at radius 3 is 1.96 bits per heavy atom. The molecule has 0 spiro atoms. The highest BCUT2D eigenvalue weighted by Crippen LogP contribution is 2.44. The highest BCUT2D eigenvalue weighted by molar-refractivity contribution is 7.47. The fraction of sp³-hybridized carbons (Fsp3) is 0.926. The van der Waals surface area contributed by atoms with Gasteiger partial charge in [-0.3, -0.25) is 18.6 Å². The summed E-state index contributed by atoms with van der Waals surface area (Å²) in [5.74, 6) is -1.33. The monoisotopic (exact) mass is 783 g/mol. The van der Waals surface area contributed by atoms with Crippen LogP contribution in [-0.4, -0.2) is 204 Å². The summed E-state index contributed by atoms with van der Waals surface area (Å²) in [5.41, 5.74) is 6.36. The van der Waals surface area contributed by atoms with Crippen LogP contribution < -0.4 is 16.4 Å². The zero-order valence-electron chi connectivity index (χ0n) is 28.2. The molecule has 24 nitrogen and oxygen atoms in total. The smallest absolute Gasteiger partial charge is 0.394 e. The Morgan fingerprint density at radius 2 is 1.38 bits per heavy atom. The predicted molar refractivity (Wildman–Crippen MR) is 165 cm³/mol. The van der Waals surface area contributed by atoms with Gasteiger partial charge in [0.1, 0.15) is 79.2 Å². The Hall–Kier alpha value is -1.59. The SMILES string of the molecule is CC(=O)N[C@@H]1[C@@H](O)[C@@H](O[C@H]2O[C@H](C)[C@H](N)[C@H](O[C@@H]3O[C@H](COP(=O)(O)OC[C@@H](O)[C@@H](O)[C@@H](O)CO)[C@@H](O)[C@H](O)[C@H]3O)[C@H]2NC(C)=O)[C@@H](CO)O[C@@H]1O. The summed E-state index contributed by atoms with van der Waals surface area (Å²) in [6.07, 6.45) is -25.6. The van der Waals surface area contributed by atoms with E-state index in [9.17, 15) is 65.0 Å². The molecular formula is C27H50N3O21P. The summed E-state index contributed by atoms with van der Waals surface area (Å²) in [6.45, 7) is -0.0909. The van der Waals surface area contributed by atoms with E-state index in [1.807, 2.05) is 0 Å². The predicted octanol–water partition coefficient (Wildman–Crippen LogP) is -8.08. The molecule has 52 heavy (non-hydrogen) atoms. The maximum Gasteiger partial charge on any atom is 0.472 e. The second-order valence-electron chi connectivity index (χ2n) is 12.6. The number of amides is 2. The molecule has 3 aliphatic heterocycles. The summed E-state index contributed by atoms with van der Waals surface area (Å²) in [5, 5.41) is 106. The van der Waals surface area contributed by atoms with Crippen molar-refractivity contribution in [2.24, 2.45) is 5.73 Å². The zero-order valence-corrected chi connectivity index (χ0v) is 29.1. The molecule has 0 aromatic heterocycles. The number of phosphoric ester groups is 1. The lowest BCUT2D eigenvalue weighted by Crippen LogP contribution is -2.71. The molecule has 3 fully saturated rings. The first-order valence-corrected chi connectivity index (χ1v) is 17.6. The molecule has 3 aliphatic rings. The van der Waals surface area contributed by atoms with E-state index in [1.54, 1.807) is 0 Å². The largest absolute Gasteiger partial charge is 0.472 e. The average molecular weight is 784 g/mol. The van der Waals surface area contributed by atoms with Gasteiger partial charge in [0.2, 0.25) is 11.8 Å². The van der Waals surface area contributed by atoms with E-state index >= 15 is 0 Å². The number of aliphatic hydroxyl groups is 10. The number of aliphatic hydroxyl groups excluding tert-OH is 10. The standard InChI is InChI=1S/C27H50N3O21P/c1-8-15(28)24(17(30-10(3)34)26(47-8)50-23-13(5-32)48-25(42)16(20(23)39)29-9(2)33)51-27-22(41)21(40)19(38)14(49-27)7-46-52(43,44)45-6-12(36)18(37)11(35)4-31/h8,11-27,31-32,35-42H,4-7,28H2,1-3H3,(H,29,33)(H,30,34)(H,43,44)/t8-,11+,12-,13-,14-,15+,16-,17-,18+,19-,20-,21+,22-,23+,24+,25+,26-,27+/m1/s1. The van der Waals surface area contributed by atoms with Gasteiger partial charge in [-0.2, -0.15) is 0 Å². The van der Waals surface area contributed by atoms with Crippen LogP contribution in [0.4, 0.5) is 0 Å². The first kappa shape index (κ1) is 44.8. The number of ether oxygens (including phenoxy) is 5. The fourth-order valence-corrected chi connectivity index (χ4v) is 6.43. The van der Waals surface area contributed by atoms with Gasteiger partial charge in [-0.15, -0.1) is 0 Å². The van der Waals surface area contributed by atoms with Crippen LogP contribution in [-0.2, 0) is 46.9 Å². The molecule has 3 rings (SSSR count). The van der Waals surface area contributed by atoms with E-state index in [2.05, 4.69) is 15.2 Å². The van der Waals surface area contributed by atoms with E-state index in [1.165, 1.54) is 6.92 Å². The van der Waals surface area contributed by atoms with Crippen molar-refractivity contribution in [2.75, 3.05) is 26.4 Å². The van der Waals surface area contributed by atoms with Crippen molar-refractivity contribution in [3.05, 3.63) is 0 Å². The third-order valence-corrected chi connectivity index (χ3v) is 9.52. The number of hydrogen-bond donors (Lipinski definition) is 14. The van der Waals surface area contributed by atoms with E-state index < -0.39 is 156 Å². The lowest BCUT2D eigenvalue weighted by Gasteiger charge is -2.49. The zero-order chi connectivity index (χ0) is 39.2. The van der Waals surface area contributed by atoms with Gasteiger partial charge in [0.25, 0.3) is 0 Å². The van der Waals surface area contributed by atoms with Crippen molar-refractivity contribution in [3.8, 4) is 0 Å². The van der Waals surface area contributed by atoms with Crippen molar-refractivity contribution in [3.63, 3.8) is 0 Å². The van der Waals surface area contributed by atoms with Crippen LogP contribution >= 0.6 is 7.82 Å². The fourth-order valence-electron chi connectivity index (χ4n) is 5.68. The molecular weight excluding hydrogens is 733 g/mol. The molecule has 25 heteroatoms. The van der Waals surface area contributed by atoms with E-state index in [0.29, 0.717) is 0 Å². The number of phosphoric acid groups is 1. The first-order chi connectivity index (χ1) is 24.2. The van der Waals surface area contributed by atoms with Crippen molar-refractivity contribution in [2.45, 2.75) is 131 Å². The van der Waals surface area contributed by atoms with E-state index in [4.69, 9.17) is 39.0 Å². The van der Waals surface area contributed by atoms with Gasteiger partial charge in [-0.25, -0.2) is 4.57 Å². The second-order valence-corrected chi connectivity index (χ2v) is 14.0. The molecule has 15 N–H and O–H groups in total. The van der Waals surface area contributed by atoms with Crippen molar-refractivity contribution >= 4 is 19.6 Å². The number of rotatable bonds is 16. The van der Waals surface area contributed by atoms with Crippen molar-refractivity contribution in [1.29, 1.82) is 0 Å². The molecule has 304 valence electrons. The van der Waals surface area contributed by atoms with Gasteiger partial charge in [0.15, 0.2) is 18.9 Å². The molecule has 0 aromatic rings. The summed E-state index contributed by atoms with van der Waals surface area (Å²) >= 11 is 0. The Labute approximate surface area is 296 Å². The van der Waals surface area contributed by atoms with Crippen LogP contribution in [0.3, 0.4) is 0 Å². The second kappa shape index (κ2) is 19.3. The van der Waals surface area contributed by atoms with Gasteiger partial charge < -0.3 is 96.0 Å². The minimum absolute atomic E-state index is 0.643. The molecule has 1 unspecified atom stereocenters. The van der Waals surface area contributed by atoms with Crippen LogP contribution in [0.2, 0.25) is 0 Å². The number of carbonyl (C=O) groups is 2. The summed E-state index contributed by atoms with van der Waals surface area (Å²) in [4.78, 5) is 34.1. The summed E-state index contributed by atoms with van der Waals surface area (Å²) < 4.78 is 50.5. The molecule has 0 bridgehead atoms. The number of hydrogen-bond acceptors (Lipinski definition) is 21. The highest BCUT2D eigenvalue weighted by atomic mass is 31.2. The normalized spacial score (nSPS) is 41.3. The molecule has 0 aromatic carbocycles. The molecule has 2 amide bonds. The lowest BCUT2D eigenvalue weighted by molar-refractivity contribution is -0.344. The highest BCUT2D eigenvalue weighted by Gasteiger charge is 2.53. The van der Waals surface area contributed by atoms with Crippen molar-refractivity contribution < 1.29 is 103 Å². The number of nitrogens with one attached hydrogen (secondary N) is 2. The van der Waals surface area contributed by atoms with E-state index in [0.717, 1.165) is 13.8 Å². The van der Waals surface area contributed by atoms with Crippen molar-refractivity contribution in [1.82, 2.24) is 10.6 Å². The molecule has 3 heterocycles. The molecule has 19 atom stereocenters. The summed E-state index contributed by atoms with van der Waals surface area (Å²) in [6, 6.07) is -3.99. The van der Waals surface area contributed by atoms with Gasteiger partial charge in [-0.1, -0.05) is 0 Å². The maximum absolute atomic E-state index is 12.4. The molecule has 3 saturated heterocycles. The molecule has 0 radical (unpaired) electrons. The van der Waals surface area contributed by atoms with Gasteiger partial charge >= 0.3 is 7.82 Å². The molecule has 0 saturated carbocycles. The Morgan fingerprint density at radius 1 is 0.788 bits per heavy atom. The quantitative estimate of drug-likeness (QED) is 0.0646. The third-order valence-electron chi connectivity index (χ3n) is 8.57. The minimum Gasteiger partial charge on any atom is -0.394 e. The van der Waals surface area contributed by atoms with Crippen LogP contribution in [0.15, 0.2) is 0 Å². The van der Waals surface area contributed by atoms with Crippen LogP contribution in [0.1, 0.15) is 20.8 Å².